The minimum Gasteiger partial charge on any atom is -0.310 e. The van der Waals surface area contributed by atoms with E-state index >= 15 is 0 Å². The molecular formula is C56H44N2. The van der Waals surface area contributed by atoms with Crippen molar-refractivity contribution in [1.82, 2.24) is 4.57 Å². The van der Waals surface area contributed by atoms with Gasteiger partial charge in [-0.05, 0) is 136 Å². The van der Waals surface area contributed by atoms with Crippen LogP contribution in [0, 0.1) is 11.8 Å². The molecule has 1 aromatic heterocycles. The minimum absolute atomic E-state index is 0.386. The number of hydrogen-bond acceptors (Lipinski definition) is 1. The van der Waals surface area contributed by atoms with E-state index in [1.165, 1.54) is 72.0 Å². The van der Waals surface area contributed by atoms with Gasteiger partial charge in [-0.1, -0.05) is 147 Å². The molecule has 0 aliphatic heterocycles. The molecule has 0 bridgehead atoms. The highest BCUT2D eigenvalue weighted by Gasteiger charge is 2.37. The van der Waals surface area contributed by atoms with Crippen LogP contribution in [-0.4, -0.2) is 4.57 Å². The number of benzene rings is 7. The largest absolute Gasteiger partial charge is 0.310 e. The van der Waals surface area contributed by atoms with Crippen molar-refractivity contribution in [2.45, 2.75) is 25.7 Å². The fourth-order valence-corrected chi connectivity index (χ4v) is 9.89. The Labute approximate surface area is 341 Å². The maximum Gasteiger partial charge on any atom is 0.0542 e. The highest BCUT2D eigenvalue weighted by atomic mass is 15.1. The molecular weight excluding hydrogens is 701 g/mol. The third-order valence-corrected chi connectivity index (χ3v) is 12.6. The Morgan fingerprint density at radius 1 is 0.552 bits per heavy atom. The van der Waals surface area contributed by atoms with Crippen molar-refractivity contribution in [3.63, 3.8) is 0 Å². The standard InChI is InChI=1S/C56H44N2/c1-38-13-12-16-42(35-38)39-23-28-45(29-24-39)57(47-32-34-55-53(37-47)49-20-10-11-22-54(49)58(55)44-17-6-3-7-18-44)46-30-25-40(26-31-46)43-27-33-51-52(36-43)48-19-8-9-21-50(48)56(51)41-14-4-2-5-15-41/h2-20,22-34,36-38,50,56H,21,35H2,1H3. The van der Waals surface area contributed by atoms with Gasteiger partial charge in [0.2, 0.25) is 0 Å². The van der Waals surface area contributed by atoms with Crippen molar-refractivity contribution in [3.05, 3.63) is 229 Å². The molecule has 1 heterocycles. The van der Waals surface area contributed by atoms with Crippen molar-refractivity contribution in [1.29, 1.82) is 0 Å². The topological polar surface area (TPSA) is 8.17 Å². The SMILES string of the molecule is CC1C=CC=C(c2ccc(N(c3ccc(-c4ccc5c(c4)C4=CC=CCC4C5c4ccccc4)cc3)c3ccc4c(c3)c3ccccc3n4-c3ccccc3)cc2)C1. The summed E-state index contributed by atoms with van der Waals surface area (Å²) >= 11 is 0. The molecule has 0 radical (unpaired) electrons. The molecule has 0 saturated carbocycles. The number of fused-ring (bicyclic) bond motifs is 6. The van der Waals surface area contributed by atoms with Crippen molar-refractivity contribution in [3.8, 4) is 16.8 Å². The number of anilines is 3. The van der Waals surface area contributed by atoms with Crippen LogP contribution in [0.4, 0.5) is 17.1 Å². The molecule has 3 aliphatic carbocycles. The number of nitrogens with zero attached hydrogens (tertiary/aromatic N) is 2. The van der Waals surface area contributed by atoms with E-state index in [1.807, 2.05) is 0 Å². The van der Waals surface area contributed by atoms with Crippen LogP contribution in [-0.2, 0) is 0 Å². The zero-order valence-electron chi connectivity index (χ0n) is 32.7. The molecule has 278 valence electrons. The van der Waals surface area contributed by atoms with Gasteiger partial charge in [-0.25, -0.2) is 0 Å². The van der Waals surface area contributed by atoms with Crippen LogP contribution in [0.25, 0.3) is 49.8 Å². The summed E-state index contributed by atoms with van der Waals surface area (Å²) in [6.07, 6.45) is 15.8. The Morgan fingerprint density at radius 3 is 2.00 bits per heavy atom. The quantitative estimate of drug-likeness (QED) is 0.158. The van der Waals surface area contributed by atoms with Gasteiger partial charge in [0, 0.05) is 39.4 Å². The maximum atomic E-state index is 2.44. The number of aromatic nitrogens is 1. The van der Waals surface area contributed by atoms with Crippen molar-refractivity contribution >= 4 is 50.0 Å². The second-order valence-corrected chi connectivity index (χ2v) is 16.2. The second-order valence-electron chi connectivity index (χ2n) is 16.2. The zero-order chi connectivity index (χ0) is 38.6. The van der Waals surface area contributed by atoms with E-state index in [2.05, 4.69) is 223 Å². The van der Waals surface area contributed by atoms with Crippen molar-refractivity contribution in [2.75, 3.05) is 4.90 Å². The highest BCUT2D eigenvalue weighted by molar-refractivity contribution is 6.10. The molecule has 0 N–H and O–H groups in total. The molecule has 0 amide bonds. The van der Waals surface area contributed by atoms with Gasteiger partial charge in [-0.15, -0.1) is 0 Å². The molecule has 0 spiro atoms. The van der Waals surface area contributed by atoms with Crippen molar-refractivity contribution < 1.29 is 0 Å². The molecule has 3 unspecified atom stereocenters. The lowest BCUT2D eigenvalue weighted by atomic mass is 9.81. The predicted octanol–water partition coefficient (Wildman–Crippen LogP) is 15.0. The molecule has 8 aromatic rings. The summed E-state index contributed by atoms with van der Waals surface area (Å²) in [4.78, 5) is 2.41. The minimum atomic E-state index is 0.386. The van der Waals surface area contributed by atoms with Crippen LogP contribution in [0.15, 0.2) is 206 Å². The first-order valence-electron chi connectivity index (χ1n) is 20.7. The van der Waals surface area contributed by atoms with Gasteiger partial charge >= 0.3 is 0 Å². The van der Waals surface area contributed by atoms with Gasteiger partial charge < -0.3 is 9.47 Å². The van der Waals surface area contributed by atoms with Gasteiger partial charge in [0.1, 0.15) is 0 Å². The fourth-order valence-electron chi connectivity index (χ4n) is 9.89. The normalized spacial score (nSPS) is 18.2. The fraction of sp³-hybridized carbons (Fsp3) is 0.107. The lowest BCUT2D eigenvalue weighted by Gasteiger charge is -2.26. The van der Waals surface area contributed by atoms with Gasteiger partial charge in [-0.2, -0.15) is 0 Å². The number of rotatable bonds is 7. The van der Waals surface area contributed by atoms with E-state index < -0.39 is 0 Å². The number of hydrogen-bond donors (Lipinski definition) is 0. The van der Waals surface area contributed by atoms with Gasteiger partial charge in [0.05, 0.1) is 11.0 Å². The summed E-state index contributed by atoms with van der Waals surface area (Å²) in [5.74, 6) is 1.42. The molecule has 7 aromatic carbocycles. The maximum absolute atomic E-state index is 2.44. The number of para-hydroxylation sites is 2. The summed E-state index contributed by atoms with van der Waals surface area (Å²) in [6.45, 7) is 2.29. The first-order valence-corrected chi connectivity index (χ1v) is 20.7. The first kappa shape index (κ1) is 34.4. The summed E-state index contributed by atoms with van der Waals surface area (Å²) < 4.78 is 2.39. The molecule has 3 atom stereocenters. The molecule has 58 heavy (non-hydrogen) atoms. The van der Waals surface area contributed by atoms with E-state index in [9.17, 15) is 0 Å². The van der Waals surface area contributed by atoms with E-state index in [4.69, 9.17) is 0 Å². The Kier molecular flexibility index (Phi) is 8.43. The summed E-state index contributed by atoms with van der Waals surface area (Å²) in [6, 6.07) is 63.0. The summed E-state index contributed by atoms with van der Waals surface area (Å²) in [5.41, 5.74) is 17.8. The average molecular weight is 745 g/mol. The van der Waals surface area contributed by atoms with Crippen LogP contribution in [0.1, 0.15) is 47.9 Å². The van der Waals surface area contributed by atoms with Crippen LogP contribution in [0.3, 0.4) is 0 Å². The molecule has 2 heteroatoms. The zero-order valence-corrected chi connectivity index (χ0v) is 32.7. The van der Waals surface area contributed by atoms with Gasteiger partial charge in [-0.3, -0.25) is 0 Å². The van der Waals surface area contributed by atoms with E-state index in [1.54, 1.807) is 0 Å². The second kappa shape index (κ2) is 14.2. The summed E-state index contributed by atoms with van der Waals surface area (Å²) in [5, 5.41) is 2.48. The number of allylic oxidation sites excluding steroid dienone is 8. The molecule has 0 saturated heterocycles. The lowest BCUT2D eigenvalue weighted by molar-refractivity contribution is 0.616. The molecule has 11 rings (SSSR count). The Bertz CT molecular complexity index is 2940. The van der Waals surface area contributed by atoms with Crippen LogP contribution < -0.4 is 4.90 Å². The third kappa shape index (κ3) is 5.87. The summed E-state index contributed by atoms with van der Waals surface area (Å²) in [7, 11) is 0. The van der Waals surface area contributed by atoms with E-state index in [0.717, 1.165) is 29.9 Å². The van der Waals surface area contributed by atoms with E-state index in [0.29, 0.717) is 17.8 Å². The highest BCUT2D eigenvalue weighted by Crippen LogP contribution is 2.53. The van der Waals surface area contributed by atoms with Crippen molar-refractivity contribution in [2.24, 2.45) is 11.8 Å². The lowest BCUT2D eigenvalue weighted by Crippen LogP contribution is -2.10. The molecule has 2 nitrogen and oxygen atoms in total. The third-order valence-electron chi connectivity index (χ3n) is 12.6. The molecule has 3 aliphatic rings. The van der Waals surface area contributed by atoms with Crippen LogP contribution in [0.5, 0.6) is 0 Å². The van der Waals surface area contributed by atoms with E-state index in [-0.39, 0.29) is 0 Å². The Morgan fingerprint density at radius 2 is 1.22 bits per heavy atom. The Balaban J connectivity index is 1.01. The smallest absolute Gasteiger partial charge is 0.0542 e. The Hall–Kier alpha value is -6.90. The van der Waals surface area contributed by atoms with Gasteiger partial charge in [0.15, 0.2) is 0 Å². The monoisotopic (exact) mass is 744 g/mol. The average Bonchev–Trinajstić information content (AvgIpc) is 3.80. The predicted molar refractivity (Wildman–Crippen MR) is 245 cm³/mol. The van der Waals surface area contributed by atoms with Crippen LogP contribution >= 0.6 is 0 Å². The molecule has 0 fully saturated rings. The van der Waals surface area contributed by atoms with Gasteiger partial charge in [0.25, 0.3) is 0 Å². The van der Waals surface area contributed by atoms with Crippen LogP contribution in [0.2, 0.25) is 0 Å². The first-order chi connectivity index (χ1) is 28.7.